The van der Waals surface area contributed by atoms with Gasteiger partial charge in [0.05, 0.1) is 5.69 Å². The molecule has 1 amide bonds. The van der Waals surface area contributed by atoms with Gasteiger partial charge in [-0.1, -0.05) is 13.8 Å². The van der Waals surface area contributed by atoms with E-state index < -0.39 is 6.04 Å². The predicted octanol–water partition coefficient (Wildman–Crippen LogP) is 3.55. The van der Waals surface area contributed by atoms with Gasteiger partial charge in [-0.3, -0.25) is 4.79 Å². The van der Waals surface area contributed by atoms with E-state index in [1.807, 2.05) is 0 Å². The number of hydrogen-bond acceptors (Lipinski definition) is 2. The largest absolute Gasteiger partial charge is 0.373 e. The lowest BCUT2D eigenvalue weighted by Crippen LogP contribution is -2.38. The Hall–Kier alpha value is -1.10. The SMILES string of the molecule is CC(C)CCNC(=O)C(C)Nc1cc(F)ccc1Br. The second-order valence-electron chi connectivity index (χ2n) is 4.96. The fraction of sp³-hybridized carbons (Fsp3) is 0.500. The first-order valence-corrected chi connectivity index (χ1v) is 7.18. The van der Waals surface area contributed by atoms with Gasteiger partial charge in [0.1, 0.15) is 11.9 Å². The molecule has 0 aliphatic carbocycles. The zero-order chi connectivity index (χ0) is 14.4. The average molecular weight is 331 g/mol. The quantitative estimate of drug-likeness (QED) is 0.837. The molecule has 2 N–H and O–H groups in total. The Kier molecular flexibility index (Phi) is 6.28. The van der Waals surface area contributed by atoms with Crippen LogP contribution < -0.4 is 10.6 Å². The Labute approximate surface area is 122 Å². The van der Waals surface area contributed by atoms with Crippen molar-refractivity contribution in [3.8, 4) is 0 Å². The first kappa shape index (κ1) is 16.0. The van der Waals surface area contributed by atoms with Crippen LogP contribution >= 0.6 is 15.9 Å². The topological polar surface area (TPSA) is 41.1 Å². The second-order valence-corrected chi connectivity index (χ2v) is 5.82. The van der Waals surface area contributed by atoms with Gasteiger partial charge in [0.25, 0.3) is 0 Å². The van der Waals surface area contributed by atoms with Gasteiger partial charge in [-0.2, -0.15) is 0 Å². The maximum Gasteiger partial charge on any atom is 0.242 e. The summed E-state index contributed by atoms with van der Waals surface area (Å²) in [6.07, 6.45) is 0.947. The summed E-state index contributed by atoms with van der Waals surface area (Å²) < 4.78 is 13.9. The highest BCUT2D eigenvalue weighted by molar-refractivity contribution is 9.10. The predicted molar refractivity (Wildman–Crippen MR) is 79.6 cm³/mol. The van der Waals surface area contributed by atoms with E-state index in [1.165, 1.54) is 12.1 Å². The molecular weight excluding hydrogens is 311 g/mol. The molecule has 5 heteroatoms. The van der Waals surface area contributed by atoms with Crippen LogP contribution in [0.2, 0.25) is 0 Å². The maximum absolute atomic E-state index is 13.1. The Morgan fingerprint density at radius 1 is 1.37 bits per heavy atom. The molecule has 0 bridgehead atoms. The zero-order valence-electron chi connectivity index (χ0n) is 11.5. The summed E-state index contributed by atoms with van der Waals surface area (Å²) in [6, 6.07) is 3.93. The fourth-order valence-corrected chi connectivity index (χ4v) is 1.91. The smallest absolute Gasteiger partial charge is 0.242 e. The molecule has 0 radical (unpaired) electrons. The number of carbonyl (C=O) groups is 1. The van der Waals surface area contributed by atoms with Gasteiger partial charge < -0.3 is 10.6 Å². The third-order valence-electron chi connectivity index (χ3n) is 2.71. The Bertz CT molecular complexity index is 437. The van der Waals surface area contributed by atoms with Crippen LogP contribution in [0.15, 0.2) is 22.7 Å². The highest BCUT2D eigenvalue weighted by Gasteiger charge is 2.13. The number of anilines is 1. The van der Waals surface area contributed by atoms with Crippen LogP contribution in [0, 0.1) is 11.7 Å². The van der Waals surface area contributed by atoms with Crippen molar-refractivity contribution < 1.29 is 9.18 Å². The van der Waals surface area contributed by atoms with Crippen LogP contribution in [0.1, 0.15) is 27.2 Å². The molecule has 1 rings (SSSR count). The minimum Gasteiger partial charge on any atom is -0.373 e. The van der Waals surface area contributed by atoms with Crippen LogP contribution in [-0.4, -0.2) is 18.5 Å². The molecule has 0 aliphatic heterocycles. The van der Waals surface area contributed by atoms with E-state index in [0.717, 1.165) is 10.9 Å². The second kappa shape index (κ2) is 7.48. The molecule has 0 aromatic heterocycles. The molecule has 1 aromatic rings. The highest BCUT2D eigenvalue weighted by Crippen LogP contribution is 2.23. The van der Waals surface area contributed by atoms with Crippen molar-refractivity contribution in [1.29, 1.82) is 0 Å². The molecule has 0 saturated carbocycles. The molecule has 106 valence electrons. The highest BCUT2D eigenvalue weighted by atomic mass is 79.9. The van der Waals surface area contributed by atoms with E-state index in [2.05, 4.69) is 40.4 Å². The molecule has 0 aliphatic rings. The van der Waals surface area contributed by atoms with Gasteiger partial charge in [0.15, 0.2) is 0 Å². The van der Waals surface area contributed by atoms with Crippen LogP contribution in [0.3, 0.4) is 0 Å². The van der Waals surface area contributed by atoms with Crippen molar-refractivity contribution in [2.45, 2.75) is 33.2 Å². The van der Waals surface area contributed by atoms with Crippen LogP contribution in [0.5, 0.6) is 0 Å². The van der Waals surface area contributed by atoms with E-state index in [-0.39, 0.29) is 11.7 Å². The summed E-state index contributed by atoms with van der Waals surface area (Å²) in [4.78, 5) is 11.8. The molecular formula is C14H20BrFN2O. The standard InChI is InChI=1S/C14H20BrFN2O/c1-9(2)6-7-17-14(19)10(3)18-13-8-11(16)4-5-12(13)15/h4-5,8-10,18H,6-7H2,1-3H3,(H,17,19). The summed E-state index contributed by atoms with van der Waals surface area (Å²) in [5.41, 5.74) is 0.575. The van der Waals surface area contributed by atoms with Gasteiger partial charge >= 0.3 is 0 Å². The van der Waals surface area contributed by atoms with Crippen molar-refractivity contribution in [1.82, 2.24) is 5.32 Å². The van der Waals surface area contributed by atoms with Crippen molar-refractivity contribution >= 4 is 27.5 Å². The first-order chi connectivity index (χ1) is 8.90. The van der Waals surface area contributed by atoms with E-state index in [4.69, 9.17) is 0 Å². The van der Waals surface area contributed by atoms with Gasteiger partial charge in [-0.05, 0) is 53.4 Å². The van der Waals surface area contributed by atoms with Crippen LogP contribution in [0.25, 0.3) is 0 Å². The molecule has 1 aromatic carbocycles. The monoisotopic (exact) mass is 330 g/mol. The molecule has 1 unspecified atom stereocenters. The molecule has 0 fully saturated rings. The number of benzene rings is 1. The lowest BCUT2D eigenvalue weighted by atomic mass is 10.1. The van der Waals surface area contributed by atoms with Crippen molar-refractivity contribution in [2.75, 3.05) is 11.9 Å². The number of amides is 1. The van der Waals surface area contributed by atoms with Crippen molar-refractivity contribution in [2.24, 2.45) is 5.92 Å². The van der Waals surface area contributed by atoms with Gasteiger partial charge in [0.2, 0.25) is 5.91 Å². The average Bonchev–Trinajstić information content (AvgIpc) is 2.33. The molecule has 0 spiro atoms. The van der Waals surface area contributed by atoms with Crippen molar-refractivity contribution in [3.63, 3.8) is 0 Å². The normalized spacial score (nSPS) is 12.3. The summed E-state index contributed by atoms with van der Waals surface area (Å²) in [5, 5.41) is 5.85. The summed E-state index contributed by atoms with van der Waals surface area (Å²) in [6.45, 7) is 6.63. The zero-order valence-corrected chi connectivity index (χ0v) is 13.1. The number of nitrogens with one attached hydrogen (secondary N) is 2. The van der Waals surface area contributed by atoms with Crippen LogP contribution in [0.4, 0.5) is 10.1 Å². The third kappa shape index (κ3) is 5.59. The summed E-state index contributed by atoms with van der Waals surface area (Å²) in [5.74, 6) is 0.135. The van der Waals surface area contributed by atoms with E-state index in [9.17, 15) is 9.18 Å². The molecule has 3 nitrogen and oxygen atoms in total. The minimum absolute atomic E-state index is 0.0863. The van der Waals surface area contributed by atoms with Gasteiger partial charge in [-0.15, -0.1) is 0 Å². The Morgan fingerprint density at radius 3 is 2.68 bits per heavy atom. The molecule has 19 heavy (non-hydrogen) atoms. The third-order valence-corrected chi connectivity index (χ3v) is 3.41. The molecule has 1 atom stereocenters. The number of halogens is 2. The Balaban J connectivity index is 2.51. The minimum atomic E-state index is -0.412. The maximum atomic E-state index is 13.1. The molecule has 0 heterocycles. The lowest BCUT2D eigenvalue weighted by molar-refractivity contribution is -0.121. The van der Waals surface area contributed by atoms with E-state index in [0.29, 0.717) is 18.2 Å². The van der Waals surface area contributed by atoms with Gasteiger partial charge in [0, 0.05) is 11.0 Å². The van der Waals surface area contributed by atoms with E-state index in [1.54, 1.807) is 13.0 Å². The molecule has 0 saturated heterocycles. The van der Waals surface area contributed by atoms with E-state index >= 15 is 0 Å². The summed E-state index contributed by atoms with van der Waals surface area (Å²) in [7, 11) is 0. The van der Waals surface area contributed by atoms with Crippen molar-refractivity contribution in [3.05, 3.63) is 28.5 Å². The number of carbonyl (C=O) groups excluding carboxylic acids is 1. The Morgan fingerprint density at radius 2 is 2.05 bits per heavy atom. The lowest BCUT2D eigenvalue weighted by Gasteiger charge is -2.16. The van der Waals surface area contributed by atoms with Gasteiger partial charge in [-0.25, -0.2) is 4.39 Å². The first-order valence-electron chi connectivity index (χ1n) is 6.39. The fourth-order valence-electron chi connectivity index (χ4n) is 1.54. The van der Waals surface area contributed by atoms with Crippen LogP contribution in [-0.2, 0) is 4.79 Å². The summed E-state index contributed by atoms with van der Waals surface area (Å²) >= 11 is 3.32. The number of rotatable bonds is 6. The number of hydrogen-bond donors (Lipinski definition) is 2.